The van der Waals surface area contributed by atoms with Crippen molar-refractivity contribution in [2.75, 3.05) is 38.2 Å². The van der Waals surface area contributed by atoms with E-state index in [1.165, 1.54) is 0 Å². The van der Waals surface area contributed by atoms with Crippen LogP contribution in [0.1, 0.15) is 21.7 Å². The molecule has 2 aromatic carbocycles. The minimum absolute atomic E-state index is 0.0202. The van der Waals surface area contributed by atoms with Gasteiger partial charge >= 0.3 is 0 Å². The number of carbonyl (C=O) groups is 1. The Balaban J connectivity index is 1.52. The van der Waals surface area contributed by atoms with Crippen molar-refractivity contribution >= 4 is 11.6 Å². The average Bonchev–Trinajstić information content (AvgIpc) is 3.15. The molecule has 3 aromatic rings. The number of aryl methyl sites for hydroxylation is 2. The van der Waals surface area contributed by atoms with Crippen LogP contribution in [0.4, 0.5) is 5.69 Å². The van der Waals surface area contributed by atoms with Crippen molar-refractivity contribution < 1.29 is 9.53 Å². The highest BCUT2D eigenvalue weighted by Gasteiger charge is 2.26. The number of carbonyl (C=O) groups excluding carboxylic acids is 1. The molecule has 1 saturated heterocycles. The molecule has 0 spiro atoms. The van der Waals surface area contributed by atoms with Crippen LogP contribution < -0.4 is 9.64 Å². The van der Waals surface area contributed by atoms with Crippen LogP contribution in [0.2, 0.25) is 0 Å². The molecule has 1 amide bonds. The third-order valence-corrected chi connectivity index (χ3v) is 5.29. The molecule has 6 nitrogen and oxygen atoms in total. The summed E-state index contributed by atoms with van der Waals surface area (Å²) < 4.78 is 7.25. The minimum Gasteiger partial charge on any atom is -0.495 e. The Morgan fingerprint density at radius 3 is 2.45 bits per heavy atom. The fourth-order valence-corrected chi connectivity index (χ4v) is 3.81. The smallest absolute Gasteiger partial charge is 0.272 e. The Bertz CT molecular complexity index is 1020. The maximum atomic E-state index is 13.3. The number of amides is 1. The number of hydrogen-bond donors (Lipinski definition) is 0. The van der Waals surface area contributed by atoms with Gasteiger partial charge in [-0.25, -0.2) is 4.68 Å². The highest BCUT2D eigenvalue weighted by atomic mass is 16.5. The highest BCUT2D eigenvalue weighted by Crippen LogP contribution is 2.28. The summed E-state index contributed by atoms with van der Waals surface area (Å²) in [5.41, 5.74) is 4.57. The Labute approximate surface area is 171 Å². The fourth-order valence-electron chi connectivity index (χ4n) is 3.81. The predicted molar refractivity (Wildman–Crippen MR) is 114 cm³/mol. The lowest BCUT2D eigenvalue weighted by molar-refractivity contribution is 0.0737. The van der Waals surface area contributed by atoms with Crippen molar-refractivity contribution in [1.82, 2.24) is 14.7 Å². The SMILES string of the molecule is COc1ccccc1N1CCN(C(=O)c2cc(C)nn2-c2cccc(C)c2)CC1. The maximum Gasteiger partial charge on any atom is 0.272 e. The largest absolute Gasteiger partial charge is 0.495 e. The van der Waals surface area contributed by atoms with E-state index in [1.54, 1.807) is 11.8 Å². The van der Waals surface area contributed by atoms with Crippen LogP contribution in [0.15, 0.2) is 54.6 Å². The first-order chi connectivity index (χ1) is 14.1. The molecule has 4 rings (SSSR count). The quantitative estimate of drug-likeness (QED) is 0.685. The molecule has 0 bridgehead atoms. The lowest BCUT2D eigenvalue weighted by Crippen LogP contribution is -2.49. The normalized spacial score (nSPS) is 14.2. The number of nitrogens with zero attached hydrogens (tertiary/aromatic N) is 4. The van der Waals surface area contributed by atoms with E-state index in [0.29, 0.717) is 18.8 Å². The van der Waals surface area contributed by atoms with E-state index >= 15 is 0 Å². The molecule has 0 atom stereocenters. The molecule has 0 unspecified atom stereocenters. The van der Waals surface area contributed by atoms with E-state index in [0.717, 1.165) is 41.5 Å². The zero-order valence-electron chi connectivity index (χ0n) is 17.1. The van der Waals surface area contributed by atoms with E-state index in [4.69, 9.17) is 4.74 Å². The second kappa shape index (κ2) is 7.99. The van der Waals surface area contributed by atoms with Gasteiger partial charge in [0.2, 0.25) is 0 Å². The summed E-state index contributed by atoms with van der Waals surface area (Å²) in [6.45, 7) is 6.82. The number of aromatic nitrogens is 2. The summed E-state index contributed by atoms with van der Waals surface area (Å²) in [6, 6.07) is 17.9. The van der Waals surface area contributed by atoms with Gasteiger partial charge in [0, 0.05) is 26.2 Å². The predicted octanol–water partition coefficient (Wildman–Crippen LogP) is 3.46. The van der Waals surface area contributed by atoms with Crippen LogP contribution in [0.5, 0.6) is 5.75 Å². The molecule has 0 aliphatic carbocycles. The van der Waals surface area contributed by atoms with Crippen molar-refractivity contribution in [3.8, 4) is 11.4 Å². The molecule has 0 saturated carbocycles. The summed E-state index contributed by atoms with van der Waals surface area (Å²) >= 11 is 0. The standard InChI is InChI=1S/C23H26N4O2/c1-17-7-6-8-19(15-17)27-21(16-18(2)24-27)23(28)26-13-11-25(12-14-26)20-9-4-5-10-22(20)29-3/h4-10,15-16H,11-14H2,1-3H3. The van der Waals surface area contributed by atoms with Crippen LogP contribution in [0, 0.1) is 13.8 Å². The molecule has 0 N–H and O–H groups in total. The molecule has 29 heavy (non-hydrogen) atoms. The Kier molecular flexibility index (Phi) is 5.25. The van der Waals surface area contributed by atoms with E-state index in [1.807, 2.05) is 67.3 Å². The Hall–Kier alpha value is -3.28. The summed E-state index contributed by atoms with van der Waals surface area (Å²) in [4.78, 5) is 17.5. The van der Waals surface area contributed by atoms with Crippen molar-refractivity contribution in [3.63, 3.8) is 0 Å². The van der Waals surface area contributed by atoms with Crippen LogP contribution in [0.25, 0.3) is 5.69 Å². The van der Waals surface area contributed by atoms with Gasteiger partial charge in [-0.2, -0.15) is 5.10 Å². The summed E-state index contributed by atoms with van der Waals surface area (Å²) in [5, 5.41) is 4.57. The van der Waals surface area contributed by atoms with Crippen molar-refractivity contribution in [2.45, 2.75) is 13.8 Å². The van der Waals surface area contributed by atoms with Crippen molar-refractivity contribution in [2.24, 2.45) is 0 Å². The molecule has 2 heterocycles. The third kappa shape index (κ3) is 3.83. The van der Waals surface area contributed by atoms with Crippen LogP contribution in [0.3, 0.4) is 0 Å². The molecule has 1 aliphatic heterocycles. The van der Waals surface area contributed by atoms with Crippen LogP contribution in [-0.2, 0) is 0 Å². The van der Waals surface area contributed by atoms with Crippen molar-refractivity contribution in [1.29, 1.82) is 0 Å². The second-order valence-electron chi connectivity index (χ2n) is 7.37. The number of methoxy groups -OCH3 is 1. The zero-order valence-corrected chi connectivity index (χ0v) is 17.1. The van der Waals surface area contributed by atoms with Gasteiger partial charge in [-0.3, -0.25) is 4.79 Å². The van der Waals surface area contributed by atoms with Gasteiger partial charge in [0.25, 0.3) is 5.91 Å². The van der Waals surface area contributed by atoms with Crippen LogP contribution in [-0.4, -0.2) is 53.9 Å². The van der Waals surface area contributed by atoms with Gasteiger partial charge < -0.3 is 14.5 Å². The minimum atomic E-state index is 0.0202. The summed E-state index contributed by atoms with van der Waals surface area (Å²) in [7, 11) is 1.69. The number of hydrogen-bond acceptors (Lipinski definition) is 4. The number of rotatable bonds is 4. The molecule has 6 heteroatoms. The number of piperazine rings is 1. The zero-order chi connectivity index (χ0) is 20.4. The van der Waals surface area contributed by atoms with Crippen LogP contribution >= 0.6 is 0 Å². The van der Waals surface area contributed by atoms with E-state index < -0.39 is 0 Å². The van der Waals surface area contributed by atoms with Crippen molar-refractivity contribution in [3.05, 3.63) is 71.5 Å². The second-order valence-corrected chi connectivity index (χ2v) is 7.37. The number of para-hydroxylation sites is 2. The summed E-state index contributed by atoms with van der Waals surface area (Å²) in [6.07, 6.45) is 0. The number of anilines is 1. The molecule has 0 radical (unpaired) electrons. The lowest BCUT2D eigenvalue weighted by Gasteiger charge is -2.36. The number of ether oxygens (including phenoxy) is 1. The highest BCUT2D eigenvalue weighted by molar-refractivity contribution is 5.93. The Morgan fingerprint density at radius 2 is 1.72 bits per heavy atom. The van der Waals surface area contributed by atoms with E-state index in [9.17, 15) is 4.79 Å². The van der Waals surface area contributed by atoms with Gasteiger partial charge in [0.05, 0.1) is 24.2 Å². The molecule has 1 aliphatic rings. The van der Waals surface area contributed by atoms with Gasteiger partial charge in [-0.05, 0) is 49.7 Å². The average molecular weight is 390 g/mol. The molecular formula is C23H26N4O2. The molecular weight excluding hydrogens is 364 g/mol. The molecule has 150 valence electrons. The van der Waals surface area contributed by atoms with E-state index in [2.05, 4.69) is 16.1 Å². The topological polar surface area (TPSA) is 50.6 Å². The fraction of sp³-hybridized carbons (Fsp3) is 0.304. The summed E-state index contributed by atoms with van der Waals surface area (Å²) in [5.74, 6) is 0.882. The first-order valence-corrected chi connectivity index (χ1v) is 9.88. The maximum absolute atomic E-state index is 13.3. The molecule has 1 aromatic heterocycles. The monoisotopic (exact) mass is 390 g/mol. The van der Waals surface area contributed by atoms with Gasteiger partial charge in [0.15, 0.2) is 0 Å². The first kappa shape index (κ1) is 19.1. The first-order valence-electron chi connectivity index (χ1n) is 9.88. The molecule has 1 fully saturated rings. The third-order valence-electron chi connectivity index (χ3n) is 5.29. The van der Waals surface area contributed by atoms with Gasteiger partial charge in [0.1, 0.15) is 11.4 Å². The van der Waals surface area contributed by atoms with E-state index in [-0.39, 0.29) is 5.91 Å². The Morgan fingerprint density at radius 1 is 0.966 bits per heavy atom. The number of benzene rings is 2. The van der Waals surface area contributed by atoms with Gasteiger partial charge in [-0.15, -0.1) is 0 Å². The lowest BCUT2D eigenvalue weighted by atomic mass is 10.2. The van der Waals surface area contributed by atoms with Gasteiger partial charge in [-0.1, -0.05) is 24.3 Å².